The molecule has 1 heterocycles. The first-order valence-electron chi connectivity index (χ1n) is 8.50. The molecule has 0 aromatic heterocycles. The monoisotopic (exact) mass is 385 g/mol. The predicted molar refractivity (Wildman–Crippen MR) is 99.2 cm³/mol. The lowest BCUT2D eigenvalue weighted by atomic mass is 9.81. The van der Waals surface area contributed by atoms with Crippen LogP contribution in [-0.4, -0.2) is 17.4 Å². The van der Waals surface area contributed by atoms with Crippen molar-refractivity contribution in [2.45, 2.75) is 44.2 Å². The van der Waals surface area contributed by atoms with Gasteiger partial charge in [-0.25, -0.2) is 0 Å². The summed E-state index contributed by atoms with van der Waals surface area (Å²) in [4.78, 5) is 4.57. The number of halogens is 1. The van der Waals surface area contributed by atoms with E-state index in [4.69, 9.17) is 4.74 Å². The van der Waals surface area contributed by atoms with Gasteiger partial charge in [0, 0.05) is 23.3 Å². The van der Waals surface area contributed by atoms with E-state index in [1.54, 1.807) is 0 Å². The number of rotatable bonds is 3. The molecule has 24 heavy (non-hydrogen) atoms. The van der Waals surface area contributed by atoms with Crippen LogP contribution in [-0.2, 0) is 6.54 Å². The fourth-order valence-corrected chi connectivity index (χ4v) is 4.24. The molecule has 0 radical (unpaired) electrons. The van der Waals surface area contributed by atoms with Crippen molar-refractivity contribution in [2.24, 2.45) is 4.99 Å². The second-order valence-electron chi connectivity index (χ2n) is 6.54. The van der Waals surface area contributed by atoms with E-state index in [2.05, 4.69) is 33.1 Å². The number of hydrogen-bond donors (Lipinski definition) is 1. The first-order chi connectivity index (χ1) is 11.7. The molecule has 3 nitrogen and oxygen atoms in total. The number of hydrogen-bond acceptors (Lipinski definition) is 3. The largest absolute Gasteiger partial charge is 0.506 e. The number of phenols is 1. The summed E-state index contributed by atoms with van der Waals surface area (Å²) in [6.45, 7) is 0.608. The average Bonchev–Trinajstić information content (AvgIpc) is 2.97. The highest BCUT2D eigenvalue weighted by Crippen LogP contribution is 2.50. The van der Waals surface area contributed by atoms with Crippen LogP contribution in [0, 0.1) is 0 Å². The standard InChI is InChI=1S/C20H20BrNO2/c21-16-10-18-19(14-8-4-5-9-17(14)24-18)15(20(16)23)12-22-11-13-6-2-1-3-7-13/h1-3,6-7,10,12,14,17,23H,4-5,8-9,11H2/t14-,17+/m1/s1. The van der Waals surface area contributed by atoms with Gasteiger partial charge in [0.25, 0.3) is 0 Å². The lowest BCUT2D eigenvalue weighted by molar-refractivity contribution is 0.164. The smallest absolute Gasteiger partial charge is 0.139 e. The highest BCUT2D eigenvalue weighted by Gasteiger charge is 2.39. The van der Waals surface area contributed by atoms with Gasteiger partial charge in [0.15, 0.2) is 0 Å². The molecule has 1 saturated carbocycles. The van der Waals surface area contributed by atoms with Crippen LogP contribution < -0.4 is 4.74 Å². The van der Waals surface area contributed by atoms with Crippen molar-refractivity contribution in [3.8, 4) is 11.5 Å². The summed E-state index contributed by atoms with van der Waals surface area (Å²) < 4.78 is 6.82. The number of nitrogens with zero attached hydrogens (tertiary/aromatic N) is 1. The van der Waals surface area contributed by atoms with Gasteiger partial charge in [0.2, 0.25) is 0 Å². The van der Waals surface area contributed by atoms with E-state index in [9.17, 15) is 5.11 Å². The van der Waals surface area contributed by atoms with Crippen molar-refractivity contribution in [3.63, 3.8) is 0 Å². The number of aliphatic imine (C=N–C) groups is 1. The van der Waals surface area contributed by atoms with Crippen LogP contribution in [0.4, 0.5) is 0 Å². The van der Waals surface area contributed by atoms with Crippen LogP contribution >= 0.6 is 15.9 Å². The molecule has 1 N–H and O–H groups in total. The van der Waals surface area contributed by atoms with Gasteiger partial charge in [-0.15, -0.1) is 0 Å². The minimum absolute atomic E-state index is 0.253. The molecule has 1 aliphatic carbocycles. The molecule has 1 fully saturated rings. The molecule has 4 rings (SSSR count). The summed E-state index contributed by atoms with van der Waals surface area (Å²) in [5.41, 5.74) is 3.11. The third-order valence-electron chi connectivity index (χ3n) is 4.98. The third kappa shape index (κ3) is 2.84. The van der Waals surface area contributed by atoms with Crippen LogP contribution in [0.5, 0.6) is 11.5 Å². The van der Waals surface area contributed by atoms with Crippen molar-refractivity contribution in [1.82, 2.24) is 0 Å². The molecule has 4 heteroatoms. The maximum atomic E-state index is 10.6. The Hall–Kier alpha value is -1.81. The second-order valence-corrected chi connectivity index (χ2v) is 7.39. The van der Waals surface area contributed by atoms with Crippen LogP contribution in [0.2, 0.25) is 0 Å². The van der Waals surface area contributed by atoms with Crippen molar-refractivity contribution >= 4 is 22.1 Å². The van der Waals surface area contributed by atoms with Crippen molar-refractivity contribution in [3.05, 3.63) is 57.6 Å². The first-order valence-corrected chi connectivity index (χ1v) is 9.29. The van der Waals surface area contributed by atoms with Gasteiger partial charge in [-0.2, -0.15) is 0 Å². The molecule has 0 saturated heterocycles. The maximum Gasteiger partial charge on any atom is 0.139 e. The molecule has 2 aromatic rings. The van der Waals surface area contributed by atoms with E-state index in [0.717, 1.165) is 35.3 Å². The Morgan fingerprint density at radius 3 is 2.83 bits per heavy atom. The van der Waals surface area contributed by atoms with Gasteiger partial charge < -0.3 is 9.84 Å². The van der Waals surface area contributed by atoms with Crippen LogP contribution in [0.15, 0.2) is 45.9 Å². The molecular formula is C20H20BrNO2. The summed E-state index contributed by atoms with van der Waals surface area (Å²) in [6.07, 6.45) is 6.73. The molecule has 124 valence electrons. The fraction of sp³-hybridized carbons (Fsp3) is 0.350. The number of benzene rings is 2. The molecule has 1 aliphatic heterocycles. The SMILES string of the molecule is Oc1c(Br)cc2c(c1C=NCc1ccccc1)[C@@H]1CCCC[C@@H]1O2. The van der Waals surface area contributed by atoms with E-state index in [1.807, 2.05) is 30.5 Å². The van der Waals surface area contributed by atoms with E-state index in [1.165, 1.54) is 12.8 Å². The van der Waals surface area contributed by atoms with Gasteiger partial charge in [-0.1, -0.05) is 36.8 Å². The summed E-state index contributed by atoms with van der Waals surface area (Å²) in [5, 5.41) is 10.6. The quantitative estimate of drug-likeness (QED) is 0.738. The molecule has 0 unspecified atom stereocenters. The number of phenolic OH excluding ortho intramolecular Hbond substituents is 1. The van der Waals surface area contributed by atoms with E-state index in [-0.39, 0.29) is 11.9 Å². The molecule has 0 bridgehead atoms. The second kappa shape index (κ2) is 6.60. The topological polar surface area (TPSA) is 41.8 Å². The van der Waals surface area contributed by atoms with Gasteiger partial charge >= 0.3 is 0 Å². The summed E-state index contributed by atoms with van der Waals surface area (Å²) in [7, 11) is 0. The molecule has 2 aromatic carbocycles. The van der Waals surface area contributed by atoms with Crippen molar-refractivity contribution in [1.29, 1.82) is 0 Å². The Balaban J connectivity index is 1.68. The lowest BCUT2D eigenvalue weighted by Crippen LogP contribution is -2.22. The Labute approximate surface area is 150 Å². The minimum Gasteiger partial charge on any atom is -0.506 e. The Morgan fingerprint density at radius 2 is 2.00 bits per heavy atom. The maximum absolute atomic E-state index is 10.6. The highest BCUT2D eigenvalue weighted by atomic mass is 79.9. The van der Waals surface area contributed by atoms with Crippen LogP contribution in [0.3, 0.4) is 0 Å². The van der Waals surface area contributed by atoms with Crippen LogP contribution in [0.25, 0.3) is 0 Å². The van der Waals surface area contributed by atoms with Gasteiger partial charge in [0.1, 0.15) is 17.6 Å². The lowest BCUT2D eigenvalue weighted by Gasteiger charge is -2.24. The third-order valence-corrected chi connectivity index (χ3v) is 5.59. The molecule has 2 aliphatic rings. The molecule has 0 spiro atoms. The molecular weight excluding hydrogens is 366 g/mol. The summed E-state index contributed by atoms with van der Waals surface area (Å²) >= 11 is 3.44. The number of ether oxygens (including phenoxy) is 1. The normalized spacial score (nSPS) is 22.2. The number of aromatic hydroxyl groups is 1. The first kappa shape index (κ1) is 15.7. The Kier molecular flexibility index (Phi) is 4.31. The number of fused-ring (bicyclic) bond motifs is 3. The zero-order valence-corrected chi connectivity index (χ0v) is 15.0. The Morgan fingerprint density at radius 1 is 1.21 bits per heavy atom. The molecule has 0 amide bonds. The average molecular weight is 386 g/mol. The predicted octanol–water partition coefficient (Wildman–Crippen LogP) is 5.19. The minimum atomic E-state index is 0.253. The van der Waals surface area contributed by atoms with Gasteiger partial charge in [0.05, 0.1) is 11.0 Å². The molecule has 2 atom stereocenters. The zero-order valence-electron chi connectivity index (χ0n) is 13.4. The highest BCUT2D eigenvalue weighted by molar-refractivity contribution is 9.10. The van der Waals surface area contributed by atoms with E-state index < -0.39 is 0 Å². The van der Waals surface area contributed by atoms with Crippen molar-refractivity contribution in [2.75, 3.05) is 0 Å². The van der Waals surface area contributed by atoms with Crippen LogP contribution in [0.1, 0.15) is 48.3 Å². The van der Waals surface area contributed by atoms with Crippen molar-refractivity contribution < 1.29 is 9.84 Å². The van der Waals surface area contributed by atoms with Gasteiger partial charge in [-0.3, -0.25) is 4.99 Å². The van der Waals surface area contributed by atoms with Gasteiger partial charge in [-0.05, 0) is 46.8 Å². The van der Waals surface area contributed by atoms with E-state index in [0.29, 0.717) is 16.9 Å². The summed E-state index contributed by atoms with van der Waals surface area (Å²) in [6, 6.07) is 12.0. The fourth-order valence-electron chi connectivity index (χ4n) is 3.82. The zero-order chi connectivity index (χ0) is 16.5. The summed E-state index contributed by atoms with van der Waals surface area (Å²) in [5.74, 6) is 1.55. The Bertz CT molecular complexity index is 773. The van der Waals surface area contributed by atoms with E-state index >= 15 is 0 Å².